The Morgan fingerprint density at radius 2 is 1.78 bits per heavy atom. The average Bonchev–Trinajstić information content (AvgIpc) is 3.25. The minimum absolute atomic E-state index is 0.0744. The zero-order valence-electron chi connectivity index (χ0n) is 17.5. The quantitative estimate of drug-likeness (QED) is 0.458. The molecule has 0 unspecified atom stereocenters. The molecule has 0 radical (unpaired) electrons. The summed E-state index contributed by atoms with van der Waals surface area (Å²) in [6.45, 7) is 4.61. The van der Waals surface area contributed by atoms with Gasteiger partial charge in [-0.2, -0.15) is 4.37 Å². The molecule has 0 aliphatic carbocycles. The number of fused-ring (bicyclic) bond motifs is 1. The molecule has 2 aromatic carbocycles. The summed E-state index contributed by atoms with van der Waals surface area (Å²) in [5.41, 5.74) is 4.54. The maximum absolute atomic E-state index is 12.7. The largest absolute Gasteiger partial charge is 0.352 e. The van der Waals surface area contributed by atoms with E-state index in [0.29, 0.717) is 31.2 Å². The summed E-state index contributed by atoms with van der Waals surface area (Å²) in [5, 5.41) is 3.70. The number of amides is 2. The average molecular weight is 465 g/mol. The number of aromatic nitrogens is 3. The maximum atomic E-state index is 12.7. The van der Waals surface area contributed by atoms with E-state index in [1.165, 1.54) is 11.5 Å². The highest BCUT2D eigenvalue weighted by Gasteiger charge is 2.25. The van der Waals surface area contributed by atoms with Crippen molar-refractivity contribution in [3.8, 4) is 11.3 Å². The van der Waals surface area contributed by atoms with Crippen molar-refractivity contribution in [1.29, 1.82) is 0 Å². The Hall–Kier alpha value is -3.23. The van der Waals surface area contributed by atoms with Crippen LogP contribution in [0.3, 0.4) is 0 Å². The predicted octanol–water partition coefficient (Wildman–Crippen LogP) is 5.07. The van der Waals surface area contributed by atoms with Crippen molar-refractivity contribution in [2.75, 3.05) is 36.4 Å². The van der Waals surface area contributed by atoms with E-state index in [4.69, 9.17) is 11.6 Å². The van der Waals surface area contributed by atoms with Gasteiger partial charge in [0.15, 0.2) is 5.82 Å². The lowest BCUT2D eigenvalue weighted by Gasteiger charge is -2.35. The Labute approximate surface area is 194 Å². The number of anilines is 2. The van der Waals surface area contributed by atoms with Crippen molar-refractivity contribution in [3.63, 3.8) is 0 Å². The molecule has 4 aromatic rings. The van der Waals surface area contributed by atoms with Crippen molar-refractivity contribution < 1.29 is 4.79 Å². The molecule has 0 bridgehead atoms. The van der Waals surface area contributed by atoms with E-state index < -0.39 is 0 Å². The molecule has 162 valence electrons. The van der Waals surface area contributed by atoms with Crippen LogP contribution < -0.4 is 10.2 Å². The van der Waals surface area contributed by atoms with Crippen LogP contribution in [0.25, 0.3) is 21.5 Å². The second kappa shape index (κ2) is 8.72. The number of hydrogen-bond donors (Lipinski definition) is 1. The summed E-state index contributed by atoms with van der Waals surface area (Å²) >= 11 is 7.42. The van der Waals surface area contributed by atoms with Crippen molar-refractivity contribution >= 4 is 50.9 Å². The van der Waals surface area contributed by atoms with Gasteiger partial charge < -0.3 is 15.1 Å². The van der Waals surface area contributed by atoms with Gasteiger partial charge in [0.05, 0.1) is 0 Å². The molecule has 0 saturated carbocycles. The van der Waals surface area contributed by atoms with Gasteiger partial charge >= 0.3 is 6.03 Å². The van der Waals surface area contributed by atoms with Crippen LogP contribution in [0.15, 0.2) is 54.9 Å². The maximum Gasteiger partial charge on any atom is 0.321 e. The van der Waals surface area contributed by atoms with E-state index in [1.54, 1.807) is 6.33 Å². The van der Waals surface area contributed by atoms with Gasteiger partial charge in [-0.25, -0.2) is 14.8 Å². The number of para-hydroxylation sites is 1. The number of carbonyl (C=O) groups is 1. The zero-order chi connectivity index (χ0) is 22.1. The van der Waals surface area contributed by atoms with Crippen LogP contribution in [-0.4, -0.2) is 51.5 Å². The Balaban J connectivity index is 1.31. The minimum Gasteiger partial charge on any atom is -0.352 e. The third-order valence-corrected chi connectivity index (χ3v) is 6.69. The fraction of sp³-hybridized carbons (Fsp3) is 0.217. The first-order valence-electron chi connectivity index (χ1n) is 10.3. The van der Waals surface area contributed by atoms with Gasteiger partial charge in [0.25, 0.3) is 0 Å². The Morgan fingerprint density at radius 1 is 1.03 bits per heavy atom. The highest BCUT2D eigenvalue weighted by atomic mass is 35.5. The SMILES string of the molecule is Cc1ccccc1NC(=O)N1CCN(c2ncnc3c(-c4ccc(Cl)cc4)nsc23)CC1. The number of aryl methyl sites for hydroxylation is 1. The van der Waals surface area contributed by atoms with Crippen LogP contribution in [0.1, 0.15) is 5.56 Å². The van der Waals surface area contributed by atoms with Gasteiger partial charge in [-0.05, 0) is 42.2 Å². The normalized spacial score (nSPS) is 14.1. The molecule has 5 rings (SSSR count). The Kier molecular flexibility index (Phi) is 5.63. The summed E-state index contributed by atoms with van der Waals surface area (Å²) in [6, 6.07) is 15.3. The first-order chi connectivity index (χ1) is 15.6. The van der Waals surface area contributed by atoms with Crippen molar-refractivity contribution in [3.05, 3.63) is 65.4 Å². The highest BCUT2D eigenvalue weighted by Crippen LogP contribution is 2.34. The number of carbonyl (C=O) groups excluding carboxylic acids is 1. The van der Waals surface area contributed by atoms with Gasteiger partial charge in [0.1, 0.15) is 22.2 Å². The van der Waals surface area contributed by atoms with E-state index in [9.17, 15) is 4.79 Å². The Morgan fingerprint density at radius 3 is 2.53 bits per heavy atom. The molecule has 1 saturated heterocycles. The van der Waals surface area contributed by atoms with E-state index in [1.807, 2.05) is 60.4 Å². The van der Waals surface area contributed by atoms with Crippen LogP contribution in [0.2, 0.25) is 5.02 Å². The van der Waals surface area contributed by atoms with E-state index in [0.717, 1.165) is 38.5 Å². The van der Waals surface area contributed by atoms with E-state index >= 15 is 0 Å². The van der Waals surface area contributed by atoms with Crippen molar-refractivity contribution in [2.45, 2.75) is 6.92 Å². The number of rotatable bonds is 3. The molecular weight excluding hydrogens is 444 g/mol. The smallest absolute Gasteiger partial charge is 0.321 e. The van der Waals surface area contributed by atoms with E-state index in [2.05, 4.69) is 24.6 Å². The lowest BCUT2D eigenvalue weighted by Crippen LogP contribution is -2.50. The van der Waals surface area contributed by atoms with Crippen LogP contribution in [0, 0.1) is 6.92 Å². The van der Waals surface area contributed by atoms with Crippen LogP contribution in [0.5, 0.6) is 0 Å². The topological polar surface area (TPSA) is 74.2 Å². The number of piperazine rings is 1. The van der Waals surface area contributed by atoms with Gasteiger partial charge in [-0.3, -0.25) is 0 Å². The monoisotopic (exact) mass is 464 g/mol. The van der Waals surface area contributed by atoms with Crippen LogP contribution in [-0.2, 0) is 0 Å². The second-order valence-corrected chi connectivity index (χ2v) is 8.84. The first-order valence-corrected chi connectivity index (χ1v) is 11.5. The first kappa shape index (κ1) is 20.7. The summed E-state index contributed by atoms with van der Waals surface area (Å²) in [5.74, 6) is 0.867. The molecule has 1 aliphatic rings. The third-order valence-electron chi connectivity index (χ3n) is 5.61. The molecular formula is C23H21ClN6OS. The fourth-order valence-corrected chi connectivity index (χ4v) is 4.80. The molecule has 7 nitrogen and oxygen atoms in total. The fourth-order valence-electron chi connectivity index (χ4n) is 3.80. The minimum atomic E-state index is -0.0744. The summed E-state index contributed by atoms with van der Waals surface area (Å²) in [6.07, 6.45) is 1.59. The van der Waals surface area contributed by atoms with Gasteiger partial charge in [0, 0.05) is 42.5 Å². The molecule has 3 heterocycles. The lowest BCUT2D eigenvalue weighted by molar-refractivity contribution is 0.208. The molecule has 0 atom stereocenters. The summed E-state index contributed by atoms with van der Waals surface area (Å²) < 4.78 is 5.60. The van der Waals surface area contributed by atoms with Crippen molar-refractivity contribution in [1.82, 2.24) is 19.2 Å². The molecule has 2 amide bonds. The predicted molar refractivity (Wildman–Crippen MR) is 130 cm³/mol. The van der Waals surface area contributed by atoms with Gasteiger partial charge in [0.2, 0.25) is 0 Å². The van der Waals surface area contributed by atoms with E-state index in [-0.39, 0.29) is 6.03 Å². The van der Waals surface area contributed by atoms with Crippen LogP contribution in [0.4, 0.5) is 16.3 Å². The van der Waals surface area contributed by atoms with Gasteiger partial charge in [-0.1, -0.05) is 41.9 Å². The molecule has 1 fully saturated rings. The number of nitrogens with one attached hydrogen (secondary N) is 1. The van der Waals surface area contributed by atoms with Crippen LogP contribution >= 0.6 is 23.1 Å². The molecule has 9 heteroatoms. The molecule has 0 spiro atoms. The number of nitrogens with zero attached hydrogens (tertiary/aromatic N) is 5. The molecule has 1 aliphatic heterocycles. The number of hydrogen-bond acceptors (Lipinski definition) is 6. The third kappa shape index (κ3) is 3.99. The Bertz CT molecular complexity index is 1270. The highest BCUT2D eigenvalue weighted by molar-refractivity contribution is 7.14. The summed E-state index contributed by atoms with van der Waals surface area (Å²) in [7, 11) is 0. The van der Waals surface area contributed by atoms with Gasteiger partial charge in [-0.15, -0.1) is 0 Å². The second-order valence-electron chi connectivity index (χ2n) is 7.63. The standard InChI is InChI=1S/C23H21ClN6OS/c1-15-4-2-3-5-18(15)27-23(31)30-12-10-29(11-13-30)22-21-20(25-14-26-22)19(28-32-21)16-6-8-17(24)9-7-16/h2-9,14H,10-13H2,1H3,(H,27,31). The lowest BCUT2D eigenvalue weighted by atomic mass is 10.1. The number of halogens is 1. The number of benzene rings is 2. The summed E-state index contributed by atoms with van der Waals surface area (Å²) in [4.78, 5) is 25.8. The van der Waals surface area contributed by atoms with Crippen molar-refractivity contribution in [2.24, 2.45) is 0 Å². The molecule has 1 N–H and O–H groups in total. The molecule has 32 heavy (non-hydrogen) atoms. The zero-order valence-corrected chi connectivity index (χ0v) is 19.0. The molecule has 2 aromatic heterocycles. The number of urea groups is 1.